The van der Waals surface area contributed by atoms with Crippen LogP contribution in [0.4, 0.5) is 0 Å². The van der Waals surface area contributed by atoms with Gasteiger partial charge in [0.15, 0.2) is 0 Å². The fourth-order valence-electron chi connectivity index (χ4n) is 17.3. The van der Waals surface area contributed by atoms with Gasteiger partial charge in [-0.1, -0.05) is 207 Å². The fraction of sp³-hybridized carbons (Fsp3) is 0.0625. The first-order valence-corrected chi connectivity index (χ1v) is 37.0. The summed E-state index contributed by atoms with van der Waals surface area (Å²) in [6.45, 7) is 9.29. The molecule has 9 heteroatoms. The number of fused-ring (bicyclic) bond motifs is 15. The molecule has 11 aromatic carbocycles. The topological polar surface area (TPSA) is 71.3 Å². The van der Waals surface area contributed by atoms with Gasteiger partial charge in [0, 0.05) is 70.9 Å². The Morgan fingerprint density at radius 1 is 0.324 bits per heavy atom. The van der Waals surface area contributed by atoms with Crippen molar-refractivity contribution >= 4 is 114 Å². The number of para-hydroxylation sites is 5. The Morgan fingerprint density at radius 3 is 1.30 bits per heavy atom. The average Bonchev–Trinajstić information content (AvgIpc) is 1.55. The van der Waals surface area contributed by atoms with Crippen LogP contribution in [0.1, 0.15) is 34.9 Å². The fourth-order valence-corrected chi connectivity index (χ4v) is 18.8. The van der Waals surface area contributed by atoms with Crippen LogP contribution >= 0.6 is 11.3 Å². The number of aryl methyl sites for hydroxylation is 1. The molecule has 0 aliphatic heterocycles. The van der Waals surface area contributed by atoms with E-state index in [1.807, 2.05) is 11.3 Å². The highest BCUT2D eigenvalue weighted by atomic mass is 32.1. The minimum atomic E-state index is 0.435. The van der Waals surface area contributed by atoms with Crippen LogP contribution < -0.4 is 0 Å². The molecular weight excluding hydrogens is 1300 g/mol. The van der Waals surface area contributed by atoms with E-state index in [0.29, 0.717) is 5.92 Å². The van der Waals surface area contributed by atoms with E-state index in [9.17, 15) is 0 Å². The summed E-state index contributed by atoms with van der Waals surface area (Å²) in [6.07, 6.45) is 5.58. The van der Waals surface area contributed by atoms with Crippen molar-refractivity contribution in [2.45, 2.75) is 34.1 Å². The Kier molecular flexibility index (Phi) is 13.7. The predicted molar refractivity (Wildman–Crippen MR) is 439 cm³/mol. The van der Waals surface area contributed by atoms with E-state index in [-0.39, 0.29) is 0 Å². The van der Waals surface area contributed by atoms with Gasteiger partial charge in [-0.2, -0.15) is 0 Å². The van der Waals surface area contributed by atoms with Gasteiger partial charge >= 0.3 is 0 Å². The second-order valence-electron chi connectivity index (χ2n) is 28.2. The third-order valence-corrected chi connectivity index (χ3v) is 23.3. The SMILES string of the molecule is Cc1cc(-c2ccccc2)c2c(sc3c(-n4c5ccccc5c5cc(-c6cccc(-c7cccc(-n8c9ccccc9c9ccccc98)n7)n6)ccc54)c(C)c(C)c(-c4ccccc4)c32)c1-n1c2ccccc2c2cc(-c3cccc(-c4cccc(-n5c6c(c7ccccc75)C=CC(C)C6)n4)n3)ccc21. The third kappa shape index (κ3) is 9.37. The standard InChI is InChI=1S/C96H66N8S/c1-57-47-50-70-67-31-13-18-42-82(67)102(87(70)53-57)89-46-24-39-79(100-89)77-37-22-34-74(98-77)63-48-51-85-72(55-63)68-32-14-19-43-83(68)103(85)93-58(2)54-71(61-25-7-5-8-26-61)91-92-90(62-27-9-6-10-28-62)59(3)60(4)94(96(92)105-95(91)93)104-84-44-20-15-33-69(84)73-56-64(49-52-86(73)104)75-35-21-36-76(97-75)78-38-23-45-88(99-78)101-80-40-16-11-29-65(80)66-30-12-17-41-81(66)101/h5-52,54-57H,53H2,1-4H3. The van der Waals surface area contributed by atoms with Crippen LogP contribution in [0.2, 0.25) is 0 Å². The Labute approximate surface area is 610 Å². The molecule has 496 valence electrons. The van der Waals surface area contributed by atoms with Crippen molar-refractivity contribution in [3.05, 3.63) is 331 Å². The van der Waals surface area contributed by atoms with E-state index < -0.39 is 0 Å². The lowest BCUT2D eigenvalue weighted by Gasteiger charge is -2.20. The third-order valence-electron chi connectivity index (χ3n) is 22.1. The van der Waals surface area contributed by atoms with Gasteiger partial charge in [-0.25, -0.2) is 19.9 Å². The molecule has 0 saturated heterocycles. The number of hydrogen-bond acceptors (Lipinski definition) is 5. The predicted octanol–water partition coefficient (Wildman–Crippen LogP) is 25.0. The van der Waals surface area contributed by atoms with Crippen molar-refractivity contribution in [1.82, 2.24) is 38.2 Å². The van der Waals surface area contributed by atoms with Gasteiger partial charge in [-0.15, -0.1) is 11.3 Å². The molecule has 1 unspecified atom stereocenters. The molecule has 9 heterocycles. The summed E-state index contributed by atoms with van der Waals surface area (Å²) < 4.78 is 12.2. The lowest BCUT2D eigenvalue weighted by molar-refractivity contribution is 0.688. The second kappa shape index (κ2) is 23.8. The first-order chi connectivity index (χ1) is 51.8. The summed E-state index contributed by atoms with van der Waals surface area (Å²) in [7, 11) is 0. The number of nitrogens with zero attached hydrogens (tertiary/aromatic N) is 8. The summed E-state index contributed by atoms with van der Waals surface area (Å²) in [4.78, 5) is 21.6. The maximum atomic E-state index is 5.44. The molecule has 0 spiro atoms. The van der Waals surface area contributed by atoms with Crippen molar-refractivity contribution in [1.29, 1.82) is 0 Å². The van der Waals surface area contributed by atoms with Crippen molar-refractivity contribution in [3.63, 3.8) is 0 Å². The first kappa shape index (κ1) is 60.7. The maximum Gasteiger partial charge on any atom is 0.138 e. The van der Waals surface area contributed by atoms with Gasteiger partial charge in [0.2, 0.25) is 0 Å². The quantitative estimate of drug-likeness (QED) is 0.137. The molecule has 0 amide bonds. The number of allylic oxidation sites excluding steroid dienone is 1. The van der Waals surface area contributed by atoms with Crippen LogP contribution in [0.3, 0.4) is 0 Å². The van der Waals surface area contributed by atoms with Crippen LogP contribution in [-0.2, 0) is 6.42 Å². The van der Waals surface area contributed by atoms with E-state index >= 15 is 0 Å². The van der Waals surface area contributed by atoms with E-state index in [1.165, 1.54) is 114 Å². The summed E-state index contributed by atoms with van der Waals surface area (Å²) in [5, 5.41) is 10.8. The van der Waals surface area contributed by atoms with Gasteiger partial charge in [0.1, 0.15) is 11.6 Å². The normalized spacial score (nSPS) is 13.2. The molecule has 105 heavy (non-hydrogen) atoms. The van der Waals surface area contributed by atoms with Gasteiger partial charge in [0.05, 0.1) is 93.6 Å². The number of benzene rings is 11. The smallest absolute Gasteiger partial charge is 0.138 e. The molecule has 0 fully saturated rings. The molecule has 8 nitrogen and oxygen atoms in total. The molecule has 21 rings (SSSR count). The minimum absolute atomic E-state index is 0.435. The van der Waals surface area contributed by atoms with Gasteiger partial charge in [-0.3, -0.25) is 9.13 Å². The highest BCUT2D eigenvalue weighted by Gasteiger charge is 2.30. The number of pyridine rings is 4. The van der Waals surface area contributed by atoms with E-state index in [1.54, 1.807) is 0 Å². The van der Waals surface area contributed by atoms with Gasteiger partial charge in [-0.05, 0) is 181 Å². The lowest BCUT2D eigenvalue weighted by atomic mass is 9.88. The van der Waals surface area contributed by atoms with Crippen LogP contribution in [0.15, 0.2) is 303 Å². The Hall–Kier alpha value is -13.1. The molecule has 1 aliphatic rings. The largest absolute Gasteiger partial charge is 0.308 e. The highest BCUT2D eigenvalue weighted by molar-refractivity contribution is 7.27. The van der Waals surface area contributed by atoms with E-state index in [4.69, 9.17) is 19.9 Å². The maximum absolute atomic E-state index is 5.44. The number of hydrogen-bond donors (Lipinski definition) is 0. The molecule has 20 aromatic rings. The molecular formula is C96H66N8S. The average molecular weight is 1360 g/mol. The van der Waals surface area contributed by atoms with Crippen molar-refractivity contribution < 1.29 is 0 Å². The van der Waals surface area contributed by atoms with Crippen molar-refractivity contribution in [2.75, 3.05) is 0 Å². The van der Waals surface area contributed by atoms with Crippen LogP contribution in [-0.4, -0.2) is 38.2 Å². The van der Waals surface area contributed by atoms with Crippen LogP contribution in [0, 0.1) is 26.7 Å². The second-order valence-corrected chi connectivity index (χ2v) is 29.2. The molecule has 1 atom stereocenters. The molecule has 1 aliphatic carbocycles. The zero-order valence-electron chi connectivity index (χ0n) is 58.2. The summed E-state index contributed by atoms with van der Waals surface area (Å²) >= 11 is 1.93. The summed E-state index contributed by atoms with van der Waals surface area (Å²) in [5.74, 6) is 2.19. The lowest BCUT2D eigenvalue weighted by Crippen LogP contribution is -2.09. The monoisotopic (exact) mass is 1360 g/mol. The van der Waals surface area contributed by atoms with Gasteiger partial charge in [0.25, 0.3) is 0 Å². The summed E-state index contributed by atoms with van der Waals surface area (Å²) in [5.41, 5.74) is 28.5. The summed E-state index contributed by atoms with van der Waals surface area (Å²) in [6, 6.07) is 108. The minimum Gasteiger partial charge on any atom is -0.308 e. The van der Waals surface area contributed by atoms with Crippen LogP contribution in [0.25, 0.3) is 193 Å². The van der Waals surface area contributed by atoms with E-state index in [0.717, 1.165) is 107 Å². The zero-order valence-corrected chi connectivity index (χ0v) is 59.0. The molecule has 9 aromatic heterocycles. The molecule has 0 saturated carbocycles. The molecule has 0 radical (unpaired) electrons. The zero-order chi connectivity index (χ0) is 69.7. The van der Waals surface area contributed by atoms with Crippen molar-refractivity contribution in [3.8, 4) is 90.6 Å². The number of aromatic nitrogens is 8. The van der Waals surface area contributed by atoms with E-state index in [2.05, 4.69) is 355 Å². The Balaban J connectivity index is 0.735. The first-order valence-electron chi connectivity index (χ1n) is 36.2. The van der Waals surface area contributed by atoms with Crippen molar-refractivity contribution in [2.24, 2.45) is 5.92 Å². The Morgan fingerprint density at radius 2 is 0.743 bits per heavy atom. The number of thiophene rings is 1. The molecule has 0 N–H and O–H groups in total. The number of rotatable bonds is 10. The van der Waals surface area contributed by atoms with Crippen LogP contribution in [0.5, 0.6) is 0 Å². The molecule has 0 bridgehead atoms. The highest BCUT2D eigenvalue weighted by Crippen LogP contribution is 2.54. The van der Waals surface area contributed by atoms with Gasteiger partial charge < -0.3 is 9.13 Å². The Bertz CT molecular complexity index is 7010.